The van der Waals surface area contributed by atoms with Crippen LogP contribution in [0.2, 0.25) is 0 Å². The second kappa shape index (κ2) is 5.93. The lowest BCUT2D eigenvalue weighted by atomic mass is 10.00. The molecule has 0 fully saturated rings. The molecule has 2 heterocycles. The fraction of sp³-hybridized carbons (Fsp3) is 0.0625. The lowest BCUT2D eigenvalue weighted by Gasteiger charge is -2.19. The number of aromatic nitrogens is 3. The van der Waals surface area contributed by atoms with Crippen LogP contribution in [0.1, 0.15) is 17.2 Å². The van der Waals surface area contributed by atoms with Gasteiger partial charge in [-0.2, -0.15) is 0 Å². The van der Waals surface area contributed by atoms with E-state index < -0.39 is 0 Å². The average Bonchev–Trinajstić information content (AvgIpc) is 2.55. The van der Waals surface area contributed by atoms with Crippen LogP contribution in [0.15, 0.2) is 73.4 Å². The summed E-state index contributed by atoms with van der Waals surface area (Å²) < 4.78 is 0. The lowest BCUT2D eigenvalue weighted by Crippen LogP contribution is -2.13. The third kappa shape index (κ3) is 2.80. The fourth-order valence-corrected chi connectivity index (χ4v) is 2.08. The van der Waals surface area contributed by atoms with Crippen LogP contribution in [0.5, 0.6) is 0 Å². The highest BCUT2D eigenvalue weighted by atomic mass is 15.0. The average molecular weight is 262 g/mol. The normalized spacial score (nSPS) is 11.8. The zero-order valence-electron chi connectivity index (χ0n) is 10.8. The van der Waals surface area contributed by atoms with Gasteiger partial charge in [0.2, 0.25) is 0 Å². The first-order chi connectivity index (χ1) is 9.93. The Balaban J connectivity index is 1.96. The summed E-state index contributed by atoms with van der Waals surface area (Å²) in [6, 6.07) is 14.3. The Morgan fingerprint density at radius 2 is 1.50 bits per heavy atom. The van der Waals surface area contributed by atoms with E-state index in [1.807, 2.05) is 30.3 Å². The predicted octanol–water partition coefficient (Wildman–Crippen LogP) is 3.07. The van der Waals surface area contributed by atoms with Gasteiger partial charge >= 0.3 is 0 Å². The van der Waals surface area contributed by atoms with E-state index in [-0.39, 0.29) is 6.04 Å². The standard InChI is InChI=1S/C16H14N4/c1-2-4-13(5-3-1)16(14-6-8-17-9-7-14)20-15-12-18-10-11-19-15/h1-12,16H,(H,19,20). The fourth-order valence-electron chi connectivity index (χ4n) is 2.08. The highest BCUT2D eigenvalue weighted by Crippen LogP contribution is 2.24. The molecule has 0 amide bonds. The molecule has 20 heavy (non-hydrogen) atoms. The molecule has 0 saturated carbocycles. The maximum absolute atomic E-state index is 4.28. The van der Waals surface area contributed by atoms with Gasteiger partial charge in [-0.3, -0.25) is 9.97 Å². The molecule has 0 aliphatic heterocycles. The first-order valence-corrected chi connectivity index (χ1v) is 6.41. The predicted molar refractivity (Wildman–Crippen MR) is 78.2 cm³/mol. The van der Waals surface area contributed by atoms with Crippen molar-refractivity contribution < 1.29 is 0 Å². The number of nitrogens with one attached hydrogen (secondary N) is 1. The zero-order valence-corrected chi connectivity index (χ0v) is 10.8. The van der Waals surface area contributed by atoms with Crippen molar-refractivity contribution >= 4 is 5.82 Å². The largest absolute Gasteiger partial charge is 0.358 e. The molecule has 3 rings (SSSR count). The molecule has 4 nitrogen and oxygen atoms in total. The highest BCUT2D eigenvalue weighted by Gasteiger charge is 2.13. The summed E-state index contributed by atoms with van der Waals surface area (Å²) in [4.78, 5) is 12.4. The van der Waals surface area contributed by atoms with Crippen LogP contribution >= 0.6 is 0 Å². The smallest absolute Gasteiger partial charge is 0.145 e. The molecule has 1 atom stereocenters. The number of pyridine rings is 1. The van der Waals surface area contributed by atoms with E-state index in [2.05, 4.69) is 32.4 Å². The van der Waals surface area contributed by atoms with Gasteiger partial charge in [-0.15, -0.1) is 0 Å². The summed E-state index contributed by atoms with van der Waals surface area (Å²) in [6.07, 6.45) is 8.65. The number of hydrogen-bond donors (Lipinski definition) is 1. The van der Waals surface area contributed by atoms with Gasteiger partial charge in [0.05, 0.1) is 12.2 Å². The van der Waals surface area contributed by atoms with E-state index in [1.165, 1.54) is 5.56 Å². The van der Waals surface area contributed by atoms with Gasteiger partial charge in [0, 0.05) is 24.8 Å². The van der Waals surface area contributed by atoms with Crippen LogP contribution in [0, 0.1) is 0 Å². The number of anilines is 1. The number of nitrogens with zero attached hydrogens (tertiary/aromatic N) is 3. The maximum atomic E-state index is 4.28. The van der Waals surface area contributed by atoms with Crippen LogP contribution in [0.4, 0.5) is 5.82 Å². The maximum Gasteiger partial charge on any atom is 0.145 e. The molecular formula is C16H14N4. The van der Waals surface area contributed by atoms with Crippen molar-refractivity contribution in [2.75, 3.05) is 5.32 Å². The summed E-state index contributed by atoms with van der Waals surface area (Å²) in [5.41, 5.74) is 2.31. The van der Waals surface area contributed by atoms with Gasteiger partial charge in [-0.05, 0) is 23.3 Å². The van der Waals surface area contributed by atoms with Crippen LogP contribution in [0.3, 0.4) is 0 Å². The lowest BCUT2D eigenvalue weighted by molar-refractivity contribution is 0.917. The van der Waals surface area contributed by atoms with Crippen molar-refractivity contribution in [3.8, 4) is 0 Å². The van der Waals surface area contributed by atoms with Gasteiger partial charge in [0.25, 0.3) is 0 Å². The first-order valence-electron chi connectivity index (χ1n) is 6.41. The van der Waals surface area contributed by atoms with Gasteiger partial charge in [0.15, 0.2) is 0 Å². The highest BCUT2D eigenvalue weighted by molar-refractivity contribution is 5.42. The second-order valence-electron chi connectivity index (χ2n) is 4.36. The molecule has 1 N–H and O–H groups in total. The van der Waals surface area contributed by atoms with E-state index in [0.717, 1.165) is 11.4 Å². The monoisotopic (exact) mass is 262 g/mol. The van der Waals surface area contributed by atoms with Crippen LogP contribution in [0.25, 0.3) is 0 Å². The minimum atomic E-state index is 0.0240. The Hall–Kier alpha value is -2.75. The van der Waals surface area contributed by atoms with Crippen molar-refractivity contribution in [3.05, 3.63) is 84.6 Å². The summed E-state index contributed by atoms with van der Waals surface area (Å²) in [6.45, 7) is 0. The molecule has 0 saturated heterocycles. The minimum Gasteiger partial charge on any atom is -0.358 e. The van der Waals surface area contributed by atoms with E-state index in [0.29, 0.717) is 0 Å². The SMILES string of the molecule is c1ccc(C(Nc2cnccn2)c2ccncc2)cc1. The molecule has 0 radical (unpaired) electrons. The molecule has 0 spiro atoms. The van der Waals surface area contributed by atoms with Crippen molar-refractivity contribution in [1.29, 1.82) is 0 Å². The zero-order chi connectivity index (χ0) is 13.6. The quantitative estimate of drug-likeness (QED) is 0.785. The third-order valence-corrected chi connectivity index (χ3v) is 3.03. The Morgan fingerprint density at radius 3 is 2.20 bits per heavy atom. The Morgan fingerprint density at radius 1 is 0.750 bits per heavy atom. The van der Waals surface area contributed by atoms with E-state index in [1.54, 1.807) is 31.0 Å². The molecule has 1 aromatic carbocycles. The van der Waals surface area contributed by atoms with Crippen LogP contribution < -0.4 is 5.32 Å². The summed E-state index contributed by atoms with van der Waals surface area (Å²) in [5, 5.41) is 3.41. The van der Waals surface area contributed by atoms with E-state index in [9.17, 15) is 0 Å². The molecule has 98 valence electrons. The van der Waals surface area contributed by atoms with Gasteiger partial charge < -0.3 is 5.32 Å². The van der Waals surface area contributed by atoms with Crippen LogP contribution in [-0.4, -0.2) is 15.0 Å². The van der Waals surface area contributed by atoms with E-state index in [4.69, 9.17) is 0 Å². The van der Waals surface area contributed by atoms with Crippen molar-refractivity contribution in [1.82, 2.24) is 15.0 Å². The molecular weight excluding hydrogens is 248 g/mol. The van der Waals surface area contributed by atoms with Crippen molar-refractivity contribution in [2.24, 2.45) is 0 Å². The molecule has 2 aromatic heterocycles. The van der Waals surface area contributed by atoms with Gasteiger partial charge in [-0.25, -0.2) is 4.98 Å². The van der Waals surface area contributed by atoms with E-state index >= 15 is 0 Å². The van der Waals surface area contributed by atoms with Crippen LogP contribution in [-0.2, 0) is 0 Å². The van der Waals surface area contributed by atoms with Crippen molar-refractivity contribution in [3.63, 3.8) is 0 Å². The molecule has 0 aliphatic carbocycles. The molecule has 1 unspecified atom stereocenters. The Bertz CT molecular complexity index is 602. The molecule has 3 aromatic rings. The first kappa shape index (κ1) is 12.3. The number of benzene rings is 1. The number of hydrogen-bond acceptors (Lipinski definition) is 4. The van der Waals surface area contributed by atoms with Gasteiger partial charge in [-0.1, -0.05) is 30.3 Å². The Kier molecular flexibility index (Phi) is 3.64. The summed E-state index contributed by atoms with van der Waals surface area (Å²) in [7, 11) is 0. The van der Waals surface area contributed by atoms with Gasteiger partial charge in [0.1, 0.15) is 5.82 Å². The minimum absolute atomic E-state index is 0.0240. The summed E-state index contributed by atoms with van der Waals surface area (Å²) >= 11 is 0. The third-order valence-electron chi connectivity index (χ3n) is 3.03. The number of rotatable bonds is 4. The molecule has 0 aliphatic rings. The second-order valence-corrected chi connectivity index (χ2v) is 4.36. The van der Waals surface area contributed by atoms with Crippen molar-refractivity contribution in [2.45, 2.75) is 6.04 Å². The molecule has 0 bridgehead atoms. The topological polar surface area (TPSA) is 50.7 Å². The Labute approximate surface area is 117 Å². The molecule has 4 heteroatoms. The summed E-state index contributed by atoms with van der Waals surface area (Å²) in [5.74, 6) is 0.748.